The molecule has 3 rings (SSSR count). The number of hydrogen-bond donors (Lipinski definition) is 1. The lowest BCUT2D eigenvalue weighted by atomic mass is 9.93. The number of halogens is 3. The van der Waals surface area contributed by atoms with E-state index in [0.29, 0.717) is 25.3 Å². The number of nitrogens with two attached hydrogens (primary N) is 1. The van der Waals surface area contributed by atoms with Crippen LogP contribution in [0, 0.1) is 17.8 Å². The second-order valence-electron chi connectivity index (χ2n) is 9.89. The molecule has 3 amide bonds. The molecule has 1 aliphatic carbocycles. The Morgan fingerprint density at radius 1 is 0.938 bits per heavy atom. The first-order valence-electron chi connectivity index (χ1n) is 12.0. The van der Waals surface area contributed by atoms with Gasteiger partial charge in [0.15, 0.2) is 5.66 Å². The van der Waals surface area contributed by atoms with E-state index in [4.69, 9.17) is 5.73 Å². The summed E-state index contributed by atoms with van der Waals surface area (Å²) in [4.78, 5) is 42.2. The molecule has 2 heterocycles. The van der Waals surface area contributed by atoms with Crippen molar-refractivity contribution < 1.29 is 27.6 Å². The molecule has 2 aliphatic heterocycles. The van der Waals surface area contributed by atoms with Crippen LogP contribution in [0.1, 0.15) is 84.0 Å². The summed E-state index contributed by atoms with van der Waals surface area (Å²) in [6.45, 7) is 2.10. The SMILES string of the molecule is CCC(C(N)=O)(N1CC(CCC(F)(F)F)CCCC1=O)N1CC(CC2CC2)CCCC1=O. The molecule has 6 nitrogen and oxygen atoms in total. The quantitative estimate of drug-likeness (QED) is 0.596. The fourth-order valence-corrected chi connectivity index (χ4v) is 5.56. The number of nitrogens with zero attached hydrogens (tertiary/aromatic N) is 2. The molecule has 3 aliphatic rings. The predicted octanol–water partition coefficient (Wildman–Crippen LogP) is 3.98. The van der Waals surface area contributed by atoms with Crippen LogP contribution in [0.2, 0.25) is 0 Å². The van der Waals surface area contributed by atoms with E-state index in [9.17, 15) is 27.6 Å². The van der Waals surface area contributed by atoms with Gasteiger partial charge in [-0.3, -0.25) is 14.4 Å². The molecular formula is C23H36F3N3O3. The van der Waals surface area contributed by atoms with Crippen molar-refractivity contribution in [3.05, 3.63) is 0 Å². The van der Waals surface area contributed by atoms with Crippen LogP contribution in [0.25, 0.3) is 0 Å². The van der Waals surface area contributed by atoms with Gasteiger partial charge in [0.25, 0.3) is 5.91 Å². The lowest BCUT2D eigenvalue weighted by Crippen LogP contribution is -2.70. The second kappa shape index (κ2) is 10.00. The van der Waals surface area contributed by atoms with E-state index >= 15 is 0 Å². The third-order valence-corrected chi connectivity index (χ3v) is 7.47. The lowest BCUT2D eigenvalue weighted by Gasteiger charge is -2.49. The Kier molecular flexibility index (Phi) is 7.76. The molecule has 0 aromatic carbocycles. The normalized spacial score (nSPS) is 27.6. The molecule has 0 aromatic rings. The number of rotatable bonds is 8. The molecule has 3 fully saturated rings. The number of carbonyl (C=O) groups is 3. The van der Waals surface area contributed by atoms with E-state index in [1.165, 1.54) is 22.6 Å². The number of primary amides is 1. The molecular weight excluding hydrogens is 423 g/mol. The summed E-state index contributed by atoms with van der Waals surface area (Å²) in [7, 11) is 0. The van der Waals surface area contributed by atoms with Crippen molar-refractivity contribution in [3.63, 3.8) is 0 Å². The van der Waals surface area contributed by atoms with Crippen molar-refractivity contribution in [3.8, 4) is 0 Å². The monoisotopic (exact) mass is 459 g/mol. The maximum absolute atomic E-state index is 13.2. The standard InChI is InChI=1S/C23H36F3N3O3/c1-2-22(21(27)32,29-15-18(13-16-9-10-16)6-4-8-20(29)31)28-14-17(5-3-7-19(28)30)11-12-23(24,25)26/h16-18H,2-15H2,1H3,(H2,27,32). The van der Waals surface area contributed by atoms with Gasteiger partial charge in [0, 0.05) is 32.4 Å². The van der Waals surface area contributed by atoms with Crippen molar-refractivity contribution in [2.45, 2.75) is 95.8 Å². The van der Waals surface area contributed by atoms with Gasteiger partial charge in [-0.1, -0.05) is 19.8 Å². The minimum absolute atomic E-state index is 0.0166. The largest absolute Gasteiger partial charge is 0.389 e. The third kappa shape index (κ3) is 5.76. The molecule has 182 valence electrons. The van der Waals surface area contributed by atoms with Crippen molar-refractivity contribution in [2.24, 2.45) is 23.5 Å². The summed E-state index contributed by atoms with van der Waals surface area (Å²) in [5, 5.41) is 0. The average Bonchev–Trinajstić information content (AvgIpc) is 3.55. The summed E-state index contributed by atoms with van der Waals surface area (Å²) < 4.78 is 38.5. The zero-order chi connectivity index (χ0) is 23.5. The molecule has 0 spiro atoms. The van der Waals surface area contributed by atoms with Crippen LogP contribution in [-0.2, 0) is 14.4 Å². The van der Waals surface area contributed by atoms with Crippen molar-refractivity contribution >= 4 is 17.7 Å². The first-order valence-corrected chi connectivity index (χ1v) is 12.0. The highest BCUT2D eigenvalue weighted by Gasteiger charge is 2.52. The van der Waals surface area contributed by atoms with Gasteiger partial charge >= 0.3 is 6.18 Å². The first kappa shape index (κ1) is 24.8. The van der Waals surface area contributed by atoms with Gasteiger partial charge in [-0.25, -0.2) is 0 Å². The van der Waals surface area contributed by atoms with Crippen LogP contribution >= 0.6 is 0 Å². The predicted molar refractivity (Wildman–Crippen MR) is 113 cm³/mol. The number of hydrogen-bond acceptors (Lipinski definition) is 3. The highest BCUT2D eigenvalue weighted by molar-refractivity contribution is 5.94. The Morgan fingerprint density at radius 3 is 1.94 bits per heavy atom. The van der Waals surface area contributed by atoms with Crippen LogP contribution in [0.3, 0.4) is 0 Å². The highest BCUT2D eigenvalue weighted by Crippen LogP contribution is 2.40. The smallest absolute Gasteiger partial charge is 0.366 e. The molecule has 32 heavy (non-hydrogen) atoms. The van der Waals surface area contributed by atoms with E-state index in [1.807, 2.05) is 0 Å². The number of carbonyl (C=O) groups excluding carboxylic acids is 3. The van der Waals surface area contributed by atoms with Gasteiger partial charge in [0.1, 0.15) is 0 Å². The fourth-order valence-electron chi connectivity index (χ4n) is 5.56. The van der Waals surface area contributed by atoms with Gasteiger partial charge in [0.05, 0.1) is 0 Å². The molecule has 9 heteroatoms. The summed E-state index contributed by atoms with van der Waals surface area (Å²) in [6.07, 6.45) is 1.17. The summed E-state index contributed by atoms with van der Waals surface area (Å²) in [6, 6.07) is 0. The Labute approximate surface area is 188 Å². The number of amides is 3. The van der Waals surface area contributed by atoms with E-state index < -0.39 is 30.1 Å². The van der Waals surface area contributed by atoms with Gasteiger partial charge in [-0.2, -0.15) is 13.2 Å². The molecule has 3 unspecified atom stereocenters. The van der Waals surface area contributed by atoms with Crippen LogP contribution < -0.4 is 5.73 Å². The molecule has 2 saturated heterocycles. The fraction of sp³-hybridized carbons (Fsp3) is 0.870. The van der Waals surface area contributed by atoms with Crippen molar-refractivity contribution in [2.75, 3.05) is 13.1 Å². The highest BCUT2D eigenvalue weighted by atomic mass is 19.4. The van der Waals surface area contributed by atoms with E-state index in [0.717, 1.165) is 19.3 Å². The molecule has 3 atom stereocenters. The lowest BCUT2D eigenvalue weighted by molar-refractivity contribution is -0.170. The van der Waals surface area contributed by atoms with Crippen LogP contribution in [-0.4, -0.2) is 52.5 Å². The van der Waals surface area contributed by atoms with E-state index in [2.05, 4.69) is 0 Å². The van der Waals surface area contributed by atoms with E-state index in [1.54, 1.807) is 6.92 Å². The maximum atomic E-state index is 13.2. The third-order valence-electron chi connectivity index (χ3n) is 7.47. The summed E-state index contributed by atoms with van der Waals surface area (Å²) in [5.74, 6) is -0.778. The number of alkyl halides is 3. The first-order chi connectivity index (χ1) is 15.1. The number of likely N-dealkylation sites (tertiary alicyclic amines) is 2. The zero-order valence-electron chi connectivity index (χ0n) is 19.0. The Hall–Kier alpha value is -1.80. The van der Waals surface area contributed by atoms with E-state index in [-0.39, 0.29) is 50.0 Å². The van der Waals surface area contributed by atoms with Crippen molar-refractivity contribution in [1.29, 1.82) is 0 Å². The molecule has 2 N–H and O–H groups in total. The summed E-state index contributed by atoms with van der Waals surface area (Å²) >= 11 is 0. The van der Waals surface area contributed by atoms with Crippen LogP contribution in [0.5, 0.6) is 0 Å². The van der Waals surface area contributed by atoms with Crippen molar-refractivity contribution in [1.82, 2.24) is 9.80 Å². The molecule has 0 aromatic heterocycles. The molecule has 0 radical (unpaired) electrons. The van der Waals surface area contributed by atoms with Gasteiger partial charge in [-0.05, 0) is 62.7 Å². The maximum Gasteiger partial charge on any atom is 0.389 e. The average molecular weight is 460 g/mol. The Bertz CT molecular complexity index is 710. The minimum Gasteiger partial charge on any atom is -0.366 e. The van der Waals surface area contributed by atoms with Gasteiger partial charge in [-0.15, -0.1) is 0 Å². The topological polar surface area (TPSA) is 83.7 Å². The zero-order valence-corrected chi connectivity index (χ0v) is 19.0. The molecule has 0 bridgehead atoms. The van der Waals surface area contributed by atoms with Gasteiger partial charge in [0.2, 0.25) is 11.8 Å². The van der Waals surface area contributed by atoms with Crippen LogP contribution in [0.15, 0.2) is 0 Å². The van der Waals surface area contributed by atoms with Gasteiger partial charge < -0.3 is 15.5 Å². The second-order valence-corrected chi connectivity index (χ2v) is 9.89. The minimum atomic E-state index is -4.27. The molecule has 1 saturated carbocycles. The van der Waals surface area contributed by atoms with Crippen LogP contribution in [0.4, 0.5) is 13.2 Å². The summed E-state index contributed by atoms with van der Waals surface area (Å²) in [5.41, 5.74) is 4.29. The Morgan fingerprint density at radius 2 is 1.47 bits per heavy atom. The Balaban J connectivity index is 1.91.